The van der Waals surface area contributed by atoms with E-state index in [1.54, 1.807) is 0 Å². The second-order valence-electron chi connectivity index (χ2n) is 6.07. The van der Waals surface area contributed by atoms with Gasteiger partial charge in [0, 0.05) is 7.11 Å². The van der Waals surface area contributed by atoms with Crippen LogP contribution in [0, 0.1) is 6.92 Å². The topological polar surface area (TPSA) is 21.3 Å². The SMILES string of the molecule is CCCNC(c1ccccc1C)C1(OC)CCCCC1. The van der Waals surface area contributed by atoms with Gasteiger partial charge in [-0.2, -0.15) is 0 Å². The van der Waals surface area contributed by atoms with Gasteiger partial charge in [-0.05, 0) is 43.9 Å². The normalized spacial score (nSPS) is 19.8. The van der Waals surface area contributed by atoms with Crippen molar-refractivity contribution in [1.29, 1.82) is 0 Å². The second-order valence-corrected chi connectivity index (χ2v) is 6.07. The third-order valence-electron chi connectivity index (χ3n) is 4.73. The predicted octanol–water partition coefficient (Wildman–Crippen LogP) is 4.39. The highest BCUT2D eigenvalue weighted by molar-refractivity contribution is 5.31. The zero-order valence-corrected chi connectivity index (χ0v) is 13.2. The van der Waals surface area contributed by atoms with Crippen LogP contribution in [-0.4, -0.2) is 19.3 Å². The van der Waals surface area contributed by atoms with E-state index in [-0.39, 0.29) is 5.60 Å². The Balaban J connectivity index is 2.33. The molecular weight excluding hydrogens is 246 g/mol. The van der Waals surface area contributed by atoms with E-state index in [0.29, 0.717) is 6.04 Å². The van der Waals surface area contributed by atoms with E-state index in [1.807, 2.05) is 7.11 Å². The summed E-state index contributed by atoms with van der Waals surface area (Å²) in [5.41, 5.74) is 2.74. The molecule has 0 aliphatic heterocycles. The Morgan fingerprint density at radius 3 is 2.50 bits per heavy atom. The van der Waals surface area contributed by atoms with Crippen LogP contribution < -0.4 is 5.32 Å². The molecule has 0 bridgehead atoms. The molecule has 0 aromatic heterocycles. The zero-order valence-electron chi connectivity index (χ0n) is 13.2. The maximum atomic E-state index is 6.08. The van der Waals surface area contributed by atoms with Crippen LogP contribution in [0.4, 0.5) is 0 Å². The standard InChI is InChI=1S/C18H29NO/c1-4-14-19-17(16-11-7-6-10-15(16)2)18(20-3)12-8-5-9-13-18/h6-7,10-11,17,19H,4-5,8-9,12-14H2,1-3H3. The van der Waals surface area contributed by atoms with Gasteiger partial charge in [0.25, 0.3) is 0 Å². The van der Waals surface area contributed by atoms with Crippen molar-refractivity contribution in [3.05, 3.63) is 35.4 Å². The third-order valence-corrected chi connectivity index (χ3v) is 4.73. The molecular formula is C18H29NO. The number of hydrogen-bond donors (Lipinski definition) is 1. The summed E-state index contributed by atoms with van der Waals surface area (Å²) in [5, 5.41) is 3.76. The molecule has 2 heteroatoms. The molecule has 1 aromatic carbocycles. The highest BCUT2D eigenvalue weighted by Crippen LogP contribution is 2.41. The quantitative estimate of drug-likeness (QED) is 0.831. The summed E-state index contributed by atoms with van der Waals surface area (Å²) in [4.78, 5) is 0. The highest BCUT2D eigenvalue weighted by atomic mass is 16.5. The van der Waals surface area contributed by atoms with Crippen LogP contribution in [-0.2, 0) is 4.74 Å². The van der Waals surface area contributed by atoms with Gasteiger partial charge in [-0.3, -0.25) is 0 Å². The monoisotopic (exact) mass is 275 g/mol. The van der Waals surface area contributed by atoms with Gasteiger partial charge in [0.05, 0.1) is 11.6 Å². The van der Waals surface area contributed by atoms with Crippen molar-refractivity contribution in [3.63, 3.8) is 0 Å². The Morgan fingerprint density at radius 1 is 1.20 bits per heavy atom. The molecule has 1 atom stereocenters. The van der Waals surface area contributed by atoms with Crippen LogP contribution in [0.5, 0.6) is 0 Å². The first-order valence-electron chi connectivity index (χ1n) is 8.07. The first-order valence-corrected chi connectivity index (χ1v) is 8.07. The molecule has 20 heavy (non-hydrogen) atoms. The lowest BCUT2D eigenvalue weighted by Crippen LogP contribution is -2.47. The van der Waals surface area contributed by atoms with E-state index in [0.717, 1.165) is 13.0 Å². The number of methoxy groups -OCH3 is 1. The fraction of sp³-hybridized carbons (Fsp3) is 0.667. The molecule has 2 nitrogen and oxygen atoms in total. The number of ether oxygens (including phenoxy) is 1. The summed E-state index contributed by atoms with van der Waals surface area (Å²) in [7, 11) is 1.89. The molecule has 1 aliphatic rings. The largest absolute Gasteiger partial charge is 0.376 e. The molecule has 2 rings (SSSR count). The van der Waals surface area contributed by atoms with Crippen molar-refractivity contribution in [2.45, 2.75) is 64.0 Å². The van der Waals surface area contributed by atoms with E-state index in [1.165, 1.54) is 43.2 Å². The van der Waals surface area contributed by atoms with E-state index >= 15 is 0 Å². The molecule has 1 fully saturated rings. The average Bonchev–Trinajstić information content (AvgIpc) is 2.50. The molecule has 0 spiro atoms. The van der Waals surface area contributed by atoms with Gasteiger partial charge in [0.2, 0.25) is 0 Å². The van der Waals surface area contributed by atoms with E-state index in [4.69, 9.17) is 4.74 Å². The van der Waals surface area contributed by atoms with Crippen LogP contribution in [0.15, 0.2) is 24.3 Å². The van der Waals surface area contributed by atoms with Crippen molar-refractivity contribution in [1.82, 2.24) is 5.32 Å². The summed E-state index contributed by atoms with van der Waals surface area (Å²) in [6.07, 6.45) is 7.40. The van der Waals surface area contributed by atoms with Crippen LogP contribution in [0.1, 0.15) is 62.6 Å². The van der Waals surface area contributed by atoms with Gasteiger partial charge >= 0.3 is 0 Å². The summed E-state index contributed by atoms with van der Waals surface area (Å²) in [6, 6.07) is 9.06. The molecule has 1 aliphatic carbocycles. The Morgan fingerprint density at radius 2 is 1.90 bits per heavy atom. The van der Waals surface area contributed by atoms with E-state index in [2.05, 4.69) is 43.4 Å². The molecule has 1 unspecified atom stereocenters. The summed E-state index contributed by atoms with van der Waals surface area (Å²) < 4.78 is 6.08. The number of aryl methyl sites for hydroxylation is 1. The minimum absolute atomic E-state index is 0.0282. The Labute approximate surface area is 123 Å². The van der Waals surface area contributed by atoms with Gasteiger partial charge in [-0.15, -0.1) is 0 Å². The molecule has 0 saturated heterocycles. The minimum atomic E-state index is -0.0282. The molecule has 1 aromatic rings. The summed E-state index contributed by atoms with van der Waals surface area (Å²) in [5.74, 6) is 0. The average molecular weight is 275 g/mol. The van der Waals surface area contributed by atoms with Gasteiger partial charge in [0.15, 0.2) is 0 Å². The van der Waals surface area contributed by atoms with Crippen molar-refractivity contribution in [2.24, 2.45) is 0 Å². The molecule has 1 saturated carbocycles. The lowest BCUT2D eigenvalue weighted by Gasteiger charge is -2.43. The maximum absolute atomic E-state index is 6.08. The molecule has 112 valence electrons. The fourth-order valence-electron chi connectivity index (χ4n) is 3.54. The van der Waals surface area contributed by atoms with Gasteiger partial charge in [-0.1, -0.05) is 50.5 Å². The van der Waals surface area contributed by atoms with Crippen LogP contribution in [0.2, 0.25) is 0 Å². The predicted molar refractivity (Wildman–Crippen MR) is 85.0 cm³/mol. The first kappa shape index (κ1) is 15.5. The van der Waals surface area contributed by atoms with Gasteiger partial charge < -0.3 is 10.1 Å². The summed E-state index contributed by atoms with van der Waals surface area (Å²) >= 11 is 0. The van der Waals surface area contributed by atoms with E-state index in [9.17, 15) is 0 Å². The van der Waals surface area contributed by atoms with Crippen molar-refractivity contribution >= 4 is 0 Å². The van der Waals surface area contributed by atoms with Gasteiger partial charge in [-0.25, -0.2) is 0 Å². The minimum Gasteiger partial charge on any atom is -0.376 e. The molecule has 1 N–H and O–H groups in total. The summed E-state index contributed by atoms with van der Waals surface area (Å²) in [6.45, 7) is 5.48. The van der Waals surface area contributed by atoms with Crippen LogP contribution in [0.25, 0.3) is 0 Å². The number of rotatable bonds is 6. The van der Waals surface area contributed by atoms with Crippen molar-refractivity contribution < 1.29 is 4.74 Å². The Hall–Kier alpha value is -0.860. The Bertz CT molecular complexity index is 410. The third kappa shape index (κ3) is 3.24. The van der Waals surface area contributed by atoms with Crippen molar-refractivity contribution in [3.8, 4) is 0 Å². The fourth-order valence-corrected chi connectivity index (χ4v) is 3.54. The van der Waals surface area contributed by atoms with Crippen LogP contribution in [0.3, 0.4) is 0 Å². The number of hydrogen-bond acceptors (Lipinski definition) is 2. The molecule has 0 radical (unpaired) electrons. The molecule has 0 amide bonds. The lowest BCUT2D eigenvalue weighted by atomic mass is 9.75. The van der Waals surface area contributed by atoms with E-state index < -0.39 is 0 Å². The zero-order chi connectivity index (χ0) is 14.4. The number of benzene rings is 1. The Kier molecular flexibility index (Phi) is 5.62. The van der Waals surface area contributed by atoms with Crippen LogP contribution >= 0.6 is 0 Å². The molecule has 0 heterocycles. The maximum Gasteiger partial charge on any atom is 0.0872 e. The van der Waals surface area contributed by atoms with Gasteiger partial charge in [0.1, 0.15) is 0 Å². The number of nitrogens with one attached hydrogen (secondary N) is 1. The second kappa shape index (κ2) is 7.24. The smallest absolute Gasteiger partial charge is 0.0872 e. The first-order chi connectivity index (χ1) is 9.73. The lowest BCUT2D eigenvalue weighted by molar-refractivity contribution is -0.0688. The highest BCUT2D eigenvalue weighted by Gasteiger charge is 2.41. The van der Waals surface area contributed by atoms with Crippen molar-refractivity contribution in [2.75, 3.05) is 13.7 Å².